The van der Waals surface area contributed by atoms with Crippen molar-refractivity contribution in [2.75, 3.05) is 11.9 Å². The zero-order chi connectivity index (χ0) is 17.6. The van der Waals surface area contributed by atoms with Crippen molar-refractivity contribution in [1.29, 1.82) is 0 Å². The van der Waals surface area contributed by atoms with Gasteiger partial charge < -0.3 is 5.32 Å². The fraction of sp³-hybridized carbons (Fsp3) is 0.200. The first-order chi connectivity index (χ1) is 12.1. The van der Waals surface area contributed by atoms with E-state index in [0.29, 0.717) is 5.82 Å². The molecule has 124 valence electrons. The van der Waals surface area contributed by atoms with Gasteiger partial charge in [-0.1, -0.05) is 60.4 Å². The first-order valence-corrected chi connectivity index (χ1v) is 8.74. The van der Waals surface area contributed by atoms with E-state index in [1.807, 2.05) is 54.6 Å². The van der Waals surface area contributed by atoms with Crippen LogP contribution in [0.4, 0.5) is 5.82 Å². The van der Waals surface area contributed by atoms with Gasteiger partial charge in [0.25, 0.3) is 0 Å². The molecule has 0 spiro atoms. The van der Waals surface area contributed by atoms with Crippen molar-refractivity contribution in [3.8, 4) is 11.4 Å². The van der Waals surface area contributed by atoms with E-state index in [2.05, 4.69) is 22.2 Å². The van der Waals surface area contributed by atoms with Crippen LogP contribution in [0.1, 0.15) is 18.2 Å². The molecule has 0 unspecified atom stereocenters. The third-order valence-corrected chi connectivity index (χ3v) is 4.20. The Hall–Kier alpha value is -2.33. The first-order valence-electron chi connectivity index (χ1n) is 8.36. The van der Waals surface area contributed by atoms with Crippen LogP contribution in [0.2, 0.25) is 5.02 Å². The number of rotatable bonds is 6. The summed E-state index contributed by atoms with van der Waals surface area (Å²) in [6, 6.07) is 17.5. The van der Waals surface area contributed by atoms with Crippen LogP contribution in [0, 0.1) is 0 Å². The summed E-state index contributed by atoms with van der Waals surface area (Å²) in [6.07, 6.45) is 1.76. The highest BCUT2D eigenvalue weighted by atomic mass is 35.5. The molecule has 25 heavy (non-hydrogen) atoms. The Morgan fingerprint density at radius 2 is 1.72 bits per heavy atom. The fourth-order valence-electron chi connectivity index (χ4n) is 2.52. The number of hydrogen-bond acceptors (Lipinski definition) is 3. The third kappa shape index (κ3) is 4.83. The van der Waals surface area contributed by atoms with Gasteiger partial charge in [0.2, 0.25) is 0 Å². The molecular formula is C20H19BClN3. The van der Waals surface area contributed by atoms with Crippen molar-refractivity contribution in [1.82, 2.24) is 9.97 Å². The van der Waals surface area contributed by atoms with Crippen LogP contribution in [0.25, 0.3) is 11.4 Å². The monoisotopic (exact) mass is 347 g/mol. The van der Waals surface area contributed by atoms with Gasteiger partial charge in [0, 0.05) is 28.9 Å². The van der Waals surface area contributed by atoms with E-state index < -0.39 is 0 Å². The minimum Gasteiger partial charge on any atom is -0.370 e. The van der Waals surface area contributed by atoms with Crippen molar-refractivity contribution in [3.05, 3.63) is 70.9 Å². The lowest BCUT2D eigenvalue weighted by molar-refractivity contribution is 0.972. The van der Waals surface area contributed by atoms with Crippen LogP contribution in [0.5, 0.6) is 0 Å². The maximum atomic E-state index is 5.92. The molecule has 0 bridgehead atoms. The molecule has 0 atom stereocenters. The van der Waals surface area contributed by atoms with E-state index in [-0.39, 0.29) is 0 Å². The van der Waals surface area contributed by atoms with Crippen LogP contribution in [-0.4, -0.2) is 24.4 Å². The molecular weight excluding hydrogens is 329 g/mol. The minimum absolute atomic E-state index is 0.716. The number of nitrogens with one attached hydrogen (secondary N) is 1. The lowest BCUT2D eigenvalue weighted by Crippen LogP contribution is -2.08. The molecule has 3 aromatic rings. The Morgan fingerprint density at radius 3 is 2.40 bits per heavy atom. The number of hydrogen-bond donors (Lipinski definition) is 1. The maximum absolute atomic E-state index is 5.92. The van der Waals surface area contributed by atoms with Crippen LogP contribution >= 0.6 is 11.6 Å². The van der Waals surface area contributed by atoms with Gasteiger partial charge in [-0.15, -0.1) is 0 Å². The number of halogens is 1. The summed E-state index contributed by atoms with van der Waals surface area (Å²) < 4.78 is 0. The third-order valence-electron chi connectivity index (χ3n) is 3.94. The van der Waals surface area contributed by atoms with E-state index in [4.69, 9.17) is 19.4 Å². The Bertz CT molecular complexity index is 833. The van der Waals surface area contributed by atoms with Crippen LogP contribution in [-0.2, 0) is 12.8 Å². The fourth-order valence-corrected chi connectivity index (χ4v) is 2.64. The molecule has 0 saturated heterocycles. The highest BCUT2D eigenvalue weighted by Gasteiger charge is 2.06. The lowest BCUT2D eigenvalue weighted by Gasteiger charge is -2.10. The average molecular weight is 348 g/mol. The number of anilines is 1. The van der Waals surface area contributed by atoms with Gasteiger partial charge in [-0.05, 0) is 30.5 Å². The summed E-state index contributed by atoms with van der Waals surface area (Å²) in [5.74, 6) is 1.56. The van der Waals surface area contributed by atoms with E-state index in [0.717, 1.165) is 46.9 Å². The second-order valence-corrected chi connectivity index (χ2v) is 6.28. The van der Waals surface area contributed by atoms with Gasteiger partial charge in [-0.25, -0.2) is 9.97 Å². The predicted octanol–water partition coefficient (Wildman–Crippen LogP) is 3.81. The van der Waals surface area contributed by atoms with Crippen LogP contribution in [0.15, 0.2) is 54.6 Å². The predicted molar refractivity (Wildman–Crippen MR) is 106 cm³/mol. The van der Waals surface area contributed by atoms with Crippen molar-refractivity contribution in [2.24, 2.45) is 0 Å². The second kappa shape index (κ2) is 8.17. The molecule has 3 nitrogen and oxygen atoms in total. The molecule has 0 fully saturated rings. The van der Waals surface area contributed by atoms with E-state index in [1.54, 1.807) is 0 Å². The number of aromatic nitrogens is 2. The number of benzene rings is 2. The molecule has 0 aliphatic rings. The summed E-state index contributed by atoms with van der Waals surface area (Å²) in [5.41, 5.74) is 3.94. The molecule has 0 aliphatic carbocycles. The van der Waals surface area contributed by atoms with Gasteiger partial charge in [0.15, 0.2) is 5.82 Å². The van der Waals surface area contributed by atoms with E-state index in [1.165, 1.54) is 5.56 Å². The van der Waals surface area contributed by atoms with Crippen LogP contribution < -0.4 is 10.8 Å². The van der Waals surface area contributed by atoms with Gasteiger partial charge in [-0.3, -0.25) is 0 Å². The first kappa shape index (κ1) is 17.5. The van der Waals surface area contributed by atoms with Crippen molar-refractivity contribution >= 4 is 30.7 Å². The molecule has 5 heteroatoms. The molecule has 1 N–H and O–H groups in total. The quantitative estimate of drug-likeness (QED) is 0.689. The normalized spacial score (nSPS) is 10.6. The van der Waals surface area contributed by atoms with E-state index >= 15 is 0 Å². The van der Waals surface area contributed by atoms with E-state index in [9.17, 15) is 0 Å². The zero-order valence-electron chi connectivity index (χ0n) is 14.2. The molecule has 2 aromatic carbocycles. The standard InChI is InChI=1S/C20H19BClN3/c1-2-18-13-19(23-12-11-14-3-9-17(22)10-4-14)25-20(24-18)15-5-7-16(21)8-6-15/h3-10,13H,2,11-12H2,1H3,(H,23,24,25). The summed E-state index contributed by atoms with van der Waals surface area (Å²) >= 11 is 5.92. The Kier molecular flexibility index (Phi) is 5.72. The van der Waals surface area contributed by atoms with Crippen molar-refractivity contribution < 1.29 is 0 Å². The topological polar surface area (TPSA) is 37.8 Å². The van der Waals surface area contributed by atoms with Gasteiger partial charge >= 0.3 is 0 Å². The molecule has 0 saturated carbocycles. The summed E-state index contributed by atoms with van der Waals surface area (Å²) in [6.45, 7) is 2.88. The zero-order valence-corrected chi connectivity index (χ0v) is 14.9. The highest BCUT2D eigenvalue weighted by Crippen LogP contribution is 2.18. The van der Waals surface area contributed by atoms with Gasteiger partial charge in [0.1, 0.15) is 13.7 Å². The SMILES string of the molecule is [B]c1ccc(-c2nc(CC)cc(NCCc3ccc(Cl)cc3)n2)cc1. The average Bonchev–Trinajstić information content (AvgIpc) is 2.63. The minimum atomic E-state index is 0.716. The summed E-state index contributed by atoms with van der Waals surface area (Å²) in [4.78, 5) is 9.26. The van der Waals surface area contributed by atoms with Crippen LogP contribution in [0.3, 0.4) is 0 Å². The number of aryl methyl sites for hydroxylation is 1. The molecule has 2 radical (unpaired) electrons. The van der Waals surface area contributed by atoms with Gasteiger partial charge in [0.05, 0.1) is 0 Å². The molecule has 1 heterocycles. The smallest absolute Gasteiger partial charge is 0.161 e. The highest BCUT2D eigenvalue weighted by molar-refractivity contribution is 6.32. The molecule has 3 rings (SSSR count). The number of nitrogens with zero attached hydrogens (tertiary/aromatic N) is 2. The Labute approximate surface area is 154 Å². The van der Waals surface area contributed by atoms with Gasteiger partial charge in [-0.2, -0.15) is 0 Å². The molecule has 0 amide bonds. The van der Waals surface area contributed by atoms with Crippen molar-refractivity contribution in [2.45, 2.75) is 19.8 Å². The maximum Gasteiger partial charge on any atom is 0.161 e. The lowest BCUT2D eigenvalue weighted by atomic mass is 9.95. The summed E-state index contributed by atoms with van der Waals surface area (Å²) in [5, 5.41) is 4.15. The summed E-state index contributed by atoms with van der Waals surface area (Å²) in [7, 11) is 5.76. The largest absolute Gasteiger partial charge is 0.370 e. The Balaban J connectivity index is 1.73. The Morgan fingerprint density at radius 1 is 1.00 bits per heavy atom. The second-order valence-electron chi connectivity index (χ2n) is 5.85. The molecule has 1 aromatic heterocycles. The van der Waals surface area contributed by atoms with Crippen molar-refractivity contribution in [3.63, 3.8) is 0 Å². The molecule has 0 aliphatic heterocycles.